The summed E-state index contributed by atoms with van der Waals surface area (Å²) in [6.07, 6.45) is 0. The number of ether oxygens (including phenoxy) is 1. The smallest absolute Gasteiger partial charge is 0.185 e. The fraction of sp³-hybridized carbons (Fsp3) is 0.115. The molecule has 0 saturated carbocycles. The third-order valence-electron chi connectivity index (χ3n) is 4.98. The van der Waals surface area contributed by atoms with Gasteiger partial charge >= 0.3 is 0 Å². The maximum Gasteiger partial charge on any atom is 0.185 e. The highest BCUT2D eigenvalue weighted by atomic mass is 16.5. The summed E-state index contributed by atoms with van der Waals surface area (Å²) in [6, 6.07) is 29.8. The van der Waals surface area contributed by atoms with E-state index in [4.69, 9.17) is 4.74 Å². The summed E-state index contributed by atoms with van der Waals surface area (Å²) in [5.74, 6) is 0.821. The van der Waals surface area contributed by atoms with Crippen LogP contribution in [0.25, 0.3) is 28.2 Å². The standard InChI is InChI=1S/C26H23NO2/c1-3-29-23-16-14-21(15-17-23)26-19(2)25(28)18-24(20-10-6-4-7-11-20)27(26)22-12-8-5-9-13-22/h4-18H,3H2,1-2H3. The van der Waals surface area contributed by atoms with Gasteiger partial charge in [-0.15, -0.1) is 0 Å². The molecule has 0 atom stereocenters. The van der Waals surface area contributed by atoms with E-state index in [0.717, 1.165) is 39.5 Å². The Balaban J connectivity index is 2.04. The molecule has 144 valence electrons. The molecule has 0 amide bonds. The molecule has 3 heteroatoms. The summed E-state index contributed by atoms with van der Waals surface area (Å²) in [5.41, 5.74) is 5.50. The Kier molecular flexibility index (Phi) is 5.30. The normalized spacial score (nSPS) is 10.7. The van der Waals surface area contributed by atoms with Crippen LogP contribution < -0.4 is 10.2 Å². The first-order valence-corrected chi connectivity index (χ1v) is 9.79. The molecule has 0 radical (unpaired) electrons. The minimum atomic E-state index is 0.0277. The molecular formula is C26H23NO2. The van der Waals surface area contributed by atoms with Crippen LogP contribution in [0, 0.1) is 6.92 Å². The molecule has 0 N–H and O–H groups in total. The van der Waals surface area contributed by atoms with Gasteiger partial charge in [0.05, 0.1) is 18.0 Å². The van der Waals surface area contributed by atoms with Crippen molar-refractivity contribution in [3.63, 3.8) is 0 Å². The van der Waals surface area contributed by atoms with E-state index in [1.54, 1.807) is 6.07 Å². The second-order valence-corrected chi connectivity index (χ2v) is 6.86. The molecule has 3 nitrogen and oxygen atoms in total. The van der Waals surface area contributed by atoms with Gasteiger partial charge in [0.1, 0.15) is 5.75 Å². The van der Waals surface area contributed by atoms with Crippen LogP contribution in [0.1, 0.15) is 12.5 Å². The number of benzene rings is 3. The van der Waals surface area contributed by atoms with E-state index < -0.39 is 0 Å². The summed E-state index contributed by atoms with van der Waals surface area (Å²) < 4.78 is 7.76. The van der Waals surface area contributed by atoms with Gasteiger partial charge in [0.15, 0.2) is 5.43 Å². The molecule has 29 heavy (non-hydrogen) atoms. The third-order valence-corrected chi connectivity index (χ3v) is 4.98. The minimum Gasteiger partial charge on any atom is -0.494 e. The summed E-state index contributed by atoms with van der Waals surface area (Å²) >= 11 is 0. The van der Waals surface area contributed by atoms with E-state index in [9.17, 15) is 4.79 Å². The lowest BCUT2D eigenvalue weighted by Crippen LogP contribution is -2.15. The van der Waals surface area contributed by atoms with E-state index in [-0.39, 0.29) is 5.43 Å². The van der Waals surface area contributed by atoms with Gasteiger partial charge in [-0.2, -0.15) is 0 Å². The Hall–Kier alpha value is -3.59. The highest BCUT2D eigenvalue weighted by molar-refractivity contribution is 5.73. The predicted octanol–water partition coefficient (Wildman–Crippen LogP) is 5.88. The lowest BCUT2D eigenvalue weighted by atomic mass is 10.0. The molecule has 0 aliphatic heterocycles. The van der Waals surface area contributed by atoms with E-state index in [1.807, 2.05) is 86.6 Å². The maximum atomic E-state index is 12.9. The Morgan fingerprint density at radius 3 is 2.03 bits per heavy atom. The zero-order chi connectivity index (χ0) is 20.2. The second kappa shape index (κ2) is 8.19. The van der Waals surface area contributed by atoms with Crippen LogP contribution in [0.5, 0.6) is 5.75 Å². The van der Waals surface area contributed by atoms with Crippen LogP contribution in [0.15, 0.2) is 95.8 Å². The van der Waals surface area contributed by atoms with Gasteiger partial charge in [0, 0.05) is 17.3 Å². The monoisotopic (exact) mass is 381 g/mol. The Bertz CT molecular complexity index is 1160. The molecule has 0 unspecified atom stereocenters. The number of nitrogens with zero attached hydrogens (tertiary/aromatic N) is 1. The predicted molar refractivity (Wildman–Crippen MR) is 119 cm³/mol. The number of aromatic nitrogens is 1. The molecule has 4 rings (SSSR count). The SMILES string of the molecule is CCOc1ccc(-c2c(C)c(=O)cc(-c3ccccc3)n2-c2ccccc2)cc1. The highest BCUT2D eigenvalue weighted by Gasteiger charge is 2.17. The summed E-state index contributed by atoms with van der Waals surface area (Å²) in [5, 5.41) is 0. The van der Waals surface area contributed by atoms with Gasteiger partial charge in [-0.05, 0) is 61.4 Å². The molecular weight excluding hydrogens is 358 g/mol. The number of hydrogen-bond acceptors (Lipinski definition) is 2. The van der Waals surface area contributed by atoms with Crippen molar-refractivity contribution in [2.75, 3.05) is 6.61 Å². The van der Waals surface area contributed by atoms with Crippen molar-refractivity contribution in [3.8, 4) is 34.0 Å². The lowest BCUT2D eigenvalue weighted by Gasteiger charge is -2.21. The molecule has 0 aliphatic carbocycles. The van der Waals surface area contributed by atoms with Gasteiger partial charge in [0.25, 0.3) is 0 Å². The first kappa shape index (κ1) is 18.8. The molecule has 0 aliphatic rings. The third kappa shape index (κ3) is 3.72. The van der Waals surface area contributed by atoms with Gasteiger partial charge < -0.3 is 9.30 Å². The summed E-state index contributed by atoms with van der Waals surface area (Å²) in [7, 11) is 0. The van der Waals surface area contributed by atoms with Crippen LogP contribution in [-0.4, -0.2) is 11.2 Å². The zero-order valence-electron chi connectivity index (χ0n) is 16.6. The summed E-state index contributed by atoms with van der Waals surface area (Å²) in [6.45, 7) is 4.48. The molecule has 0 spiro atoms. The van der Waals surface area contributed by atoms with Crippen molar-refractivity contribution >= 4 is 0 Å². The van der Waals surface area contributed by atoms with Gasteiger partial charge in [0.2, 0.25) is 0 Å². The number of rotatable bonds is 5. The van der Waals surface area contributed by atoms with E-state index in [0.29, 0.717) is 6.61 Å². The van der Waals surface area contributed by atoms with Gasteiger partial charge in [-0.25, -0.2) is 0 Å². The van der Waals surface area contributed by atoms with Crippen molar-refractivity contribution in [2.24, 2.45) is 0 Å². The minimum absolute atomic E-state index is 0.0277. The Morgan fingerprint density at radius 1 is 0.793 bits per heavy atom. The van der Waals surface area contributed by atoms with Crippen LogP contribution >= 0.6 is 0 Å². The summed E-state index contributed by atoms with van der Waals surface area (Å²) in [4.78, 5) is 12.9. The van der Waals surface area contributed by atoms with Crippen LogP contribution in [0.4, 0.5) is 0 Å². The van der Waals surface area contributed by atoms with Crippen molar-refractivity contribution < 1.29 is 4.74 Å². The van der Waals surface area contributed by atoms with Crippen molar-refractivity contribution in [3.05, 3.63) is 107 Å². The molecule has 1 aromatic heterocycles. The topological polar surface area (TPSA) is 31.2 Å². The van der Waals surface area contributed by atoms with Crippen molar-refractivity contribution in [2.45, 2.75) is 13.8 Å². The van der Waals surface area contributed by atoms with Gasteiger partial charge in [-0.3, -0.25) is 4.79 Å². The average molecular weight is 381 g/mol. The lowest BCUT2D eigenvalue weighted by molar-refractivity contribution is 0.340. The molecule has 3 aromatic carbocycles. The van der Waals surface area contributed by atoms with Crippen molar-refractivity contribution in [1.82, 2.24) is 4.57 Å². The molecule has 1 heterocycles. The van der Waals surface area contributed by atoms with Crippen LogP contribution in [-0.2, 0) is 0 Å². The maximum absolute atomic E-state index is 12.9. The fourth-order valence-electron chi connectivity index (χ4n) is 3.59. The quantitative estimate of drug-likeness (QED) is 0.432. The average Bonchev–Trinajstić information content (AvgIpc) is 2.77. The Morgan fingerprint density at radius 2 is 1.41 bits per heavy atom. The van der Waals surface area contributed by atoms with Crippen molar-refractivity contribution in [1.29, 1.82) is 0 Å². The molecule has 4 aromatic rings. The zero-order valence-corrected chi connectivity index (χ0v) is 16.6. The number of hydrogen-bond donors (Lipinski definition) is 0. The molecule has 0 fully saturated rings. The first-order valence-electron chi connectivity index (χ1n) is 9.79. The first-order chi connectivity index (χ1) is 14.2. The molecule has 0 saturated heterocycles. The highest BCUT2D eigenvalue weighted by Crippen LogP contribution is 2.32. The number of pyridine rings is 1. The van der Waals surface area contributed by atoms with Crippen LogP contribution in [0.3, 0.4) is 0 Å². The van der Waals surface area contributed by atoms with E-state index in [2.05, 4.69) is 16.7 Å². The Labute approximate surface area is 170 Å². The van der Waals surface area contributed by atoms with Gasteiger partial charge in [-0.1, -0.05) is 48.5 Å². The van der Waals surface area contributed by atoms with E-state index >= 15 is 0 Å². The molecule has 0 bridgehead atoms. The van der Waals surface area contributed by atoms with Crippen LogP contribution in [0.2, 0.25) is 0 Å². The van der Waals surface area contributed by atoms with E-state index in [1.165, 1.54) is 0 Å². The largest absolute Gasteiger partial charge is 0.494 e. The number of para-hydroxylation sites is 1. The fourth-order valence-corrected chi connectivity index (χ4v) is 3.59. The second-order valence-electron chi connectivity index (χ2n) is 6.86.